The van der Waals surface area contributed by atoms with E-state index < -0.39 is 17.8 Å². The summed E-state index contributed by atoms with van der Waals surface area (Å²) < 4.78 is 39.7. The number of carbonyl (C=O) groups excluding carboxylic acids is 1. The number of nitrogens with two attached hydrogens (primary N) is 1. The Labute approximate surface area is 132 Å². The third-order valence-electron chi connectivity index (χ3n) is 4.54. The lowest BCUT2D eigenvalue weighted by atomic mass is 9.84. The lowest BCUT2D eigenvalue weighted by molar-refractivity contribution is -0.143. The van der Waals surface area contributed by atoms with Crippen LogP contribution in [0.5, 0.6) is 0 Å². The molecule has 126 valence electrons. The van der Waals surface area contributed by atoms with Gasteiger partial charge in [0.05, 0.1) is 0 Å². The number of rotatable bonds is 1. The van der Waals surface area contributed by atoms with Gasteiger partial charge >= 0.3 is 6.18 Å². The first kappa shape index (κ1) is 16.2. The van der Waals surface area contributed by atoms with Crippen LogP contribution in [0.2, 0.25) is 0 Å². The van der Waals surface area contributed by atoms with E-state index in [4.69, 9.17) is 5.73 Å². The van der Waals surface area contributed by atoms with E-state index in [2.05, 4.69) is 9.97 Å². The third-order valence-corrected chi connectivity index (χ3v) is 4.54. The molecule has 2 atom stereocenters. The summed E-state index contributed by atoms with van der Waals surface area (Å²) in [6.07, 6.45) is -2.84. The number of amides is 1. The molecular formula is C15H19F3N4O. The van der Waals surface area contributed by atoms with Crippen LogP contribution in [-0.4, -0.2) is 39.9 Å². The molecule has 0 unspecified atom stereocenters. The molecule has 2 aliphatic rings. The second kappa shape index (κ2) is 5.74. The number of hydrogen-bond acceptors (Lipinski definition) is 4. The first-order chi connectivity index (χ1) is 10.8. The van der Waals surface area contributed by atoms with E-state index in [0.29, 0.717) is 31.6 Å². The zero-order valence-electron chi connectivity index (χ0n) is 12.9. The highest BCUT2D eigenvalue weighted by molar-refractivity contribution is 5.80. The van der Waals surface area contributed by atoms with Crippen molar-refractivity contribution in [2.45, 2.75) is 44.8 Å². The number of alkyl halides is 3. The molecule has 8 heteroatoms. The van der Waals surface area contributed by atoms with E-state index in [1.807, 2.05) is 0 Å². The number of aromatic nitrogens is 2. The van der Waals surface area contributed by atoms with Gasteiger partial charge in [-0.3, -0.25) is 4.79 Å². The van der Waals surface area contributed by atoms with Crippen LogP contribution in [0, 0.1) is 12.8 Å². The minimum Gasteiger partial charge on any atom is -0.341 e. The Morgan fingerprint density at radius 1 is 1.30 bits per heavy atom. The van der Waals surface area contributed by atoms with E-state index in [0.717, 1.165) is 6.42 Å². The van der Waals surface area contributed by atoms with Crippen LogP contribution in [0.25, 0.3) is 0 Å². The highest BCUT2D eigenvalue weighted by Gasteiger charge is 2.40. The molecule has 1 aliphatic heterocycles. The quantitative estimate of drug-likeness (QED) is 0.847. The first-order valence-electron chi connectivity index (χ1n) is 7.73. The molecule has 0 saturated carbocycles. The molecule has 5 nitrogen and oxygen atoms in total. The molecule has 1 aromatic rings. The highest BCUT2D eigenvalue weighted by atomic mass is 19.4. The first-order valence-corrected chi connectivity index (χ1v) is 7.73. The summed E-state index contributed by atoms with van der Waals surface area (Å²) in [7, 11) is 0. The number of carbonyl (C=O) groups is 1. The molecule has 2 heterocycles. The van der Waals surface area contributed by atoms with Crippen LogP contribution < -0.4 is 5.73 Å². The van der Waals surface area contributed by atoms with Crippen LogP contribution >= 0.6 is 0 Å². The van der Waals surface area contributed by atoms with Crippen molar-refractivity contribution < 1.29 is 18.0 Å². The van der Waals surface area contributed by atoms with Crippen molar-refractivity contribution in [3.8, 4) is 0 Å². The van der Waals surface area contributed by atoms with Crippen molar-refractivity contribution in [3.05, 3.63) is 22.8 Å². The predicted molar refractivity (Wildman–Crippen MR) is 76.5 cm³/mol. The van der Waals surface area contributed by atoms with Gasteiger partial charge in [0, 0.05) is 36.3 Å². The van der Waals surface area contributed by atoms with Crippen LogP contribution in [0.15, 0.2) is 0 Å². The summed E-state index contributed by atoms with van der Waals surface area (Å²) >= 11 is 0. The molecule has 0 bridgehead atoms. The van der Waals surface area contributed by atoms with Crippen LogP contribution in [0.4, 0.5) is 13.2 Å². The number of nitrogens with zero attached hydrogens (tertiary/aromatic N) is 3. The number of halogens is 3. The fourth-order valence-corrected chi connectivity index (χ4v) is 3.43. The minimum absolute atomic E-state index is 0.0356. The summed E-state index contributed by atoms with van der Waals surface area (Å²) in [6, 6.07) is -0.0356. The second-order valence-electron chi connectivity index (χ2n) is 6.32. The van der Waals surface area contributed by atoms with Gasteiger partial charge < -0.3 is 10.6 Å². The molecule has 1 fully saturated rings. The molecule has 0 spiro atoms. The monoisotopic (exact) mass is 328 g/mol. The smallest absolute Gasteiger partial charge is 0.341 e. The van der Waals surface area contributed by atoms with Gasteiger partial charge in [0.2, 0.25) is 5.91 Å². The second-order valence-corrected chi connectivity index (χ2v) is 6.32. The Morgan fingerprint density at radius 2 is 2.04 bits per heavy atom. The number of hydrogen-bond donors (Lipinski definition) is 1. The highest BCUT2D eigenvalue weighted by Crippen LogP contribution is 2.36. The summed E-state index contributed by atoms with van der Waals surface area (Å²) in [5.74, 6) is -0.427. The summed E-state index contributed by atoms with van der Waals surface area (Å²) in [6.45, 7) is 2.52. The average molecular weight is 328 g/mol. The zero-order chi connectivity index (χ0) is 16.8. The Morgan fingerprint density at radius 3 is 2.65 bits per heavy atom. The van der Waals surface area contributed by atoms with Gasteiger partial charge in [0.25, 0.3) is 0 Å². The summed E-state index contributed by atoms with van der Waals surface area (Å²) in [5, 5.41) is 0. The van der Waals surface area contributed by atoms with Gasteiger partial charge in [-0.25, -0.2) is 9.97 Å². The topological polar surface area (TPSA) is 72.1 Å². The normalized spacial score (nSPS) is 24.7. The van der Waals surface area contributed by atoms with Gasteiger partial charge in [-0.1, -0.05) is 0 Å². The molecular weight excluding hydrogens is 309 g/mol. The average Bonchev–Trinajstić information content (AvgIpc) is 2.90. The largest absolute Gasteiger partial charge is 0.433 e. The van der Waals surface area contributed by atoms with Crippen molar-refractivity contribution in [2.24, 2.45) is 11.7 Å². The lowest BCUT2D eigenvalue weighted by Crippen LogP contribution is -2.39. The molecule has 1 aliphatic carbocycles. The summed E-state index contributed by atoms with van der Waals surface area (Å²) in [5.41, 5.74) is 5.41. The van der Waals surface area contributed by atoms with Crippen molar-refractivity contribution in [3.63, 3.8) is 0 Å². The van der Waals surface area contributed by atoms with Gasteiger partial charge in [0.15, 0.2) is 5.69 Å². The zero-order valence-corrected chi connectivity index (χ0v) is 12.9. The van der Waals surface area contributed by atoms with Crippen LogP contribution in [0.1, 0.15) is 35.6 Å². The standard InChI is InChI=1S/C15H19F3N4O/c1-8-20-12-3-2-9(14(23)22-5-4-10(19)7-22)6-11(12)13(21-8)15(16,17)18/h9-10H,2-7,19H2,1H3/t9-,10+/m0/s1. The van der Waals surface area contributed by atoms with E-state index in [1.165, 1.54) is 6.92 Å². The van der Waals surface area contributed by atoms with Gasteiger partial charge in [-0.2, -0.15) is 13.2 Å². The Kier molecular flexibility index (Phi) is 4.03. The third kappa shape index (κ3) is 3.17. The molecule has 0 aromatic carbocycles. The van der Waals surface area contributed by atoms with Crippen molar-refractivity contribution >= 4 is 5.91 Å². The maximum absolute atomic E-state index is 13.2. The molecule has 1 saturated heterocycles. The van der Waals surface area contributed by atoms with E-state index >= 15 is 0 Å². The van der Waals surface area contributed by atoms with E-state index in [-0.39, 0.29) is 29.8 Å². The maximum Gasteiger partial charge on any atom is 0.433 e. The minimum atomic E-state index is -4.53. The summed E-state index contributed by atoms with van der Waals surface area (Å²) in [4.78, 5) is 21.9. The van der Waals surface area contributed by atoms with Crippen molar-refractivity contribution in [2.75, 3.05) is 13.1 Å². The van der Waals surface area contributed by atoms with Gasteiger partial charge in [0.1, 0.15) is 5.82 Å². The lowest BCUT2D eigenvalue weighted by Gasteiger charge is -2.28. The van der Waals surface area contributed by atoms with Gasteiger partial charge in [-0.15, -0.1) is 0 Å². The maximum atomic E-state index is 13.2. The molecule has 0 radical (unpaired) electrons. The Balaban J connectivity index is 1.86. The molecule has 23 heavy (non-hydrogen) atoms. The number of likely N-dealkylation sites (tertiary alicyclic amines) is 1. The molecule has 2 N–H and O–H groups in total. The van der Waals surface area contributed by atoms with Crippen molar-refractivity contribution in [1.29, 1.82) is 0 Å². The number of fused-ring (bicyclic) bond motifs is 1. The Hall–Kier alpha value is -1.70. The van der Waals surface area contributed by atoms with Crippen molar-refractivity contribution in [1.82, 2.24) is 14.9 Å². The SMILES string of the molecule is Cc1nc2c(c(C(F)(F)F)n1)C[C@@H](C(=O)N1CC[C@@H](N)C1)CC2. The van der Waals surface area contributed by atoms with E-state index in [9.17, 15) is 18.0 Å². The Bertz CT molecular complexity index is 632. The van der Waals surface area contributed by atoms with Crippen LogP contribution in [-0.2, 0) is 23.8 Å². The number of aryl methyl sites for hydroxylation is 2. The van der Waals surface area contributed by atoms with E-state index in [1.54, 1.807) is 4.90 Å². The van der Waals surface area contributed by atoms with Crippen LogP contribution in [0.3, 0.4) is 0 Å². The predicted octanol–water partition coefficient (Wildman–Crippen LogP) is 1.47. The van der Waals surface area contributed by atoms with Gasteiger partial charge in [-0.05, 0) is 32.6 Å². The fraction of sp³-hybridized carbons (Fsp3) is 0.667. The molecule has 3 rings (SSSR count). The molecule has 1 aromatic heterocycles. The molecule has 1 amide bonds. The fourth-order valence-electron chi connectivity index (χ4n) is 3.43.